The Labute approximate surface area is 118 Å². The Morgan fingerprint density at radius 2 is 2.15 bits per heavy atom. The molecule has 2 amide bonds. The summed E-state index contributed by atoms with van der Waals surface area (Å²) in [5.41, 5.74) is 1.13. The highest BCUT2D eigenvalue weighted by molar-refractivity contribution is 5.99. The minimum absolute atomic E-state index is 0.0542. The third-order valence-electron chi connectivity index (χ3n) is 3.68. The van der Waals surface area contributed by atoms with E-state index in [1.165, 1.54) is 11.0 Å². The van der Waals surface area contributed by atoms with Crippen LogP contribution in [0.5, 0.6) is 5.75 Å². The van der Waals surface area contributed by atoms with Crippen LogP contribution in [-0.4, -0.2) is 41.5 Å². The third kappa shape index (κ3) is 2.92. The van der Waals surface area contributed by atoms with Gasteiger partial charge in [0.2, 0.25) is 5.91 Å². The van der Waals surface area contributed by atoms with Crippen LogP contribution >= 0.6 is 0 Å². The molecule has 1 atom stereocenters. The Morgan fingerprint density at radius 1 is 1.40 bits per heavy atom. The molecule has 2 N–H and O–H groups in total. The molecule has 0 aliphatic carbocycles. The second-order valence-electron chi connectivity index (χ2n) is 5.24. The molecule has 108 valence electrons. The molecule has 0 aromatic heterocycles. The molecule has 0 saturated carbocycles. The zero-order chi connectivity index (χ0) is 14.7. The lowest BCUT2D eigenvalue weighted by atomic mass is 10.1. The average molecular weight is 276 g/mol. The van der Waals surface area contributed by atoms with Crippen molar-refractivity contribution in [2.24, 2.45) is 0 Å². The number of carbonyl (C=O) groups is 2. The van der Waals surface area contributed by atoms with Crippen molar-refractivity contribution in [3.8, 4) is 5.75 Å². The Kier molecular flexibility index (Phi) is 4.27. The van der Waals surface area contributed by atoms with Gasteiger partial charge in [-0.15, -0.1) is 0 Å². The second kappa shape index (κ2) is 5.94. The number of phenolic OH excluding ortho intramolecular Hbond substituents is 1. The van der Waals surface area contributed by atoms with Gasteiger partial charge in [-0.05, 0) is 38.3 Å². The number of nitrogens with one attached hydrogen (secondary N) is 1. The van der Waals surface area contributed by atoms with Crippen molar-refractivity contribution in [3.63, 3.8) is 0 Å². The van der Waals surface area contributed by atoms with Crippen molar-refractivity contribution >= 4 is 11.8 Å². The molecule has 5 heteroatoms. The van der Waals surface area contributed by atoms with E-state index in [9.17, 15) is 14.7 Å². The van der Waals surface area contributed by atoms with E-state index in [2.05, 4.69) is 5.32 Å². The van der Waals surface area contributed by atoms with Crippen LogP contribution < -0.4 is 5.32 Å². The first kappa shape index (κ1) is 14.4. The summed E-state index contributed by atoms with van der Waals surface area (Å²) < 4.78 is 0. The van der Waals surface area contributed by atoms with Gasteiger partial charge < -0.3 is 15.3 Å². The highest BCUT2D eigenvalue weighted by Gasteiger charge is 2.29. The van der Waals surface area contributed by atoms with Crippen LogP contribution in [0.4, 0.5) is 0 Å². The molecule has 2 rings (SSSR count). The summed E-state index contributed by atoms with van der Waals surface area (Å²) in [6.45, 7) is 2.52. The number of aromatic hydroxyl groups is 1. The molecule has 20 heavy (non-hydrogen) atoms. The summed E-state index contributed by atoms with van der Waals surface area (Å²) in [5.74, 6) is -0.500. The first-order valence-electron chi connectivity index (χ1n) is 6.85. The number of likely N-dealkylation sites (N-methyl/N-ethyl adjacent to an activating group) is 1. The molecule has 0 bridgehead atoms. The molecule has 1 saturated heterocycles. The fraction of sp³-hybridized carbons (Fsp3) is 0.467. The number of amides is 2. The number of carbonyl (C=O) groups excluding carboxylic acids is 2. The highest BCUT2D eigenvalue weighted by atomic mass is 16.3. The largest absolute Gasteiger partial charge is 0.507 e. The molecule has 1 unspecified atom stereocenters. The number of hydrogen-bond donors (Lipinski definition) is 2. The molecule has 5 nitrogen and oxygen atoms in total. The Balaban J connectivity index is 2.23. The van der Waals surface area contributed by atoms with Gasteiger partial charge in [-0.1, -0.05) is 11.6 Å². The molecule has 0 radical (unpaired) electrons. The van der Waals surface area contributed by atoms with Gasteiger partial charge in [-0.25, -0.2) is 0 Å². The minimum Gasteiger partial charge on any atom is -0.507 e. The lowest BCUT2D eigenvalue weighted by molar-refractivity contribution is -0.125. The van der Waals surface area contributed by atoms with Gasteiger partial charge in [-0.2, -0.15) is 0 Å². The SMILES string of the molecule is Cc1ccc(O)c(C(=O)N(C)C2CCCCNC2=O)c1. The maximum atomic E-state index is 12.5. The quantitative estimate of drug-likeness (QED) is 0.858. The molecule has 1 aliphatic rings. The maximum Gasteiger partial charge on any atom is 0.258 e. The standard InChI is InChI=1S/C15H20N2O3/c1-10-6-7-13(18)11(9-10)15(20)17(2)12-5-3-4-8-16-14(12)19/h6-7,9,12,18H,3-5,8H2,1-2H3,(H,16,19). The van der Waals surface area contributed by atoms with Crippen LogP contribution in [-0.2, 0) is 4.79 Å². The fourth-order valence-corrected chi connectivity index (χ4v) is 2.45. The van der Waals surface area contributed by atoms with Crippen molar-refractivity contribution in [2.45, 2.75) is 32.2 Å². The molecule has 1 aromatic rings. The lowest BCUT2D eigenvalue weighted by Gasteiger charge is -2.26. The number of benzene rings is 1. The van der Waals surface area contributed by atoms with Crippen molar-refractivity contribution in [2.75, 3.05) is 13.6 Å². The fourth-order valence-electron chi connectivity index (χ4n) is 2.45. The number of phenols is 1. The monoisotopic (exact) mass is 276 g/mol. The number of rotatable bonds is 2. The van der Waals surface area contributed by atoms with E-state index in [4.69, 9.17) is 0 Å². The first-order valence-corrected chi connectivity index (χ1v) is 6.85. The molecule has 1 aliphatic heterocycles. The number of nitrogens with zero attached hydrogens (tertiary/aromatic N) is 1. The summed E-state index contributed by atoms with van der Waals surface area (Å²) in [7, 11) is 1.61. The number of hydrogen-bond acceptors (Lipinski definition) is 3. The minimum atomic E-state index is -0.468. The van der Waals surface area contributed by atoms with Crippen LogP contribution in [0.25, 0.3) is 0 Å². The van der Waals surface area contributed by atoms with Gasteiger partial charge in [0.05, 0.1) is 5.56 Å². The van der Waals surface area contributed by atoms with Crippen LogP contribution in [0.15, 0.2) is 18.2 Å². The van der Waals surface area contributed by atoms with Gasteiger partial charge in [0.1, 0.15) is 11.8 Å². The highest BCUT2D eigenvalue weighted by Crippen LogP contribution is 2.22. The molecule has 1 fully saturated rings. The normalized spacial score (nSPS) is 19.1. The zero-order valence-corrected chi connectivity index (χ0v) is 11.8. The first-order chi connectivity index (χ1) is 9.50. The predicted octanol–water partition coefficient (Wildman–Crippen LogP) is 1.44. The average Bonchev–Trinajstić information content (AvgIpc) is 2.64. The van der Waals surface area contributed by atoms with Crippen molar-refractivity contribution in [3.05, 3.63) is 29.3 Å². The summed E-state index contributed by atoms with van der Waals surface area (Å²) in [6.07, 6.45) is 2.49. The summed E-state index contributed by atoms with van der Waals surface area (Å²) in [4.78, 5) is 25.9. The van der Waals surface area contributed by atoms with Crippen LogP contribution in [0.2, 0.25) is 0 Å². The molecule has 0 spiro atoms. The lowest BCUT2D eigenvalue weighted by Crippen LogP contribution is -2.46. The third-order valence-corrected chi connectivity index (χ3v) is 3.68. The van der Waals surface area contributed by atoms with E-state index in [0.717, 1.165) is 18.4 Å². The van der Waals surface area contributed by atoms with Crippen molar-refractivity contribution in [1.29, 1.82) is 0 Å². The van der Waals surface area contributed by atoms with E-state index < -0.39 is 6.04 Å². The molecular formula is C15H20N2O3. The van der Waals surface area contributed by atoms with E-state index >= 15 is 0 Å². The van der Waals surface area contributed by atoms with E-state index in [0.29, 0.717) is 13.0 Å². The van der Waals surface area contributed by atoms with Crippen LogP contribution in [0.1, 0.15) is 35.2 Å². The summed E-state index contributed by atoms with van der Waals surface area (Å²) in [5, 5.41) is 12.6. The zero-order valence-electron chi connectivity index (χ0n) is 11.8. The summed E-state index contributed by atoms with van der Waals surface area (Å²) >= 11 is 0. The number of aryl methyl sites for hydroxylation is 1. The smallest absolute Gasteiger partial charge is 0.258 e. The second-order valence-corrected chi connectivity index (χ2v) is 5.24. The van der Waals surface area contributed by atoms with Crippen molar-refractivity contribution < 1.29 is 14.7 Å². The maximum absolute atomic E-state index is 12.5. The molecule has 1 heterocycles. The van der Waals surface area contributed by atoms with Gasteiger partial charge in [0.25, 0.3) is 5.91 Å². The van der Waals surface area contributed by atoms with Crippen LogP contribution in [0, 0.1) is 6.92 Å². The van der Waals surface area contributed by atoms with Gasteiger partial charge in [0, 0.05) is 13.6 Å². The van der Waals surface area contributed by atoms with Crippen molar-refractivity contribution in [1.82, 2.24) is 10.2 Å². The topological polar surface area (TPSA) is 69.6 Å². The van der Waals surface area contributed by atoms with Gasteiger partial charge in [0.15, 0.2) is 0 Å². The van der Waals surface area contributed by atoms with Gasteiger partial charge in [-0.3, -0.25) is 9.59 Å². The van der Waals surface area contributed by atoms with E-state index in [1.807, 2.05) is 6.92 Å². The summed E-state index contributed by atoms with van der Waals surface area (Å²) in [6, 6.07) is 4.42. The molecule has 1 aromatic carbocycles. The van der Waals surface area contributed by atoms with E-state index in [-0.39, 0.29) is 23.1 Å². The molecular weight excluding hydrogens is 256 g/mol. The van der Waals surface area contributed by atoms with Crippen LogP contribution in [0.3, 0.4) is 0 Å². The Morgan fingerprint density at radius 3 is 2.90 bits per heavy atom. The Bertz CT molecular complexity index is 528. The van der Waals surface area contributed by atoms with Gasteiger partial charge >= 0.3 is 0 Å². The van der Waals surface area contributed by atoms with E-state index in [1.54, 1.807) is 19.2 Å². The predicted molar refractivity (Wildman–Crippen MR) is 75.6 cm³/mol. The Hall–Kier alpha value is -2.04.